The Morgan fingerprint density at radius 3 is 2.34 bits per heavy atom. The highest BCUT2D eigenvalue weighted by Crippen LogP contribution is 2.30. The van der Waals surface area contributed by atoms with Gasteiger partial charge in [0.1, 0.15) is 17.3 Å². The van der Waals surface area contributed by atoms with Crippen LogP contribution in [0.15, 0.2) is 18.2 Å². The predicted octanol–water partition coefficient (Wildman–Crippen LogP) is 2.86. The molecule has 1 atom stereocenters. The number of nitrogens with zero attached hydrogens (tertiary/aromatic N) is 3. The zero-order valence-corrected chi connectivity index (χ0v) is 18.3. The molecule has 160 valence electrons. The van der Waals surface area contributed by atoms with E-state index < -0.39 is 29.0 Å². The smallest absolute Gasteiger partial charge is 0.356 e. The lowest BCUT2D eigenvalue weighted by atomic mass is 9.85. The van der Waals surface area contributed by atoms with Crippen molar-refractivity contribution in [1.82, 2.24) is 14.8 Å². The molecule has 1 fully saturated rings. The molecule has 0 radical (unpaired) electrons. The second-order valence-electron chi connectivity index (χ2n) is 9.21. The van der Waals surface area contributed by atoms with Crippen LogP contribution in [0, 0.1) is 5.41 Å². The summed E-state index contributed by atoms with van der Waals surface area (Å²) >= 11 is 0. The highest BCUT2D eigenvalue weighted by molar-refractivity contribution is 5.87. The monoisotopic (exact) mass is 405 g/mol. The summed E-state index contributed by atoms with van der Waals surface area (Å²) < 4.78 is 10.3. The van der Waals surface area contributed by atoms with Crippen LogP contribution in [0.25, 0.3) is 0 Å². The van der Waals surface area contributed by atoms with Crippen LogP contribution in [0.2, 0.25) is 0 Å². The Morgan fingerprint density at radius 1 is 1.14 bits per heavy atom. The maximum absolute atomic E-state index is 13.1. The van der Waals surface area contributed by atoms with Gasteiger partial charge in [0.15, 0.2) is 0 Å². The minimum absolute atomic E-state index is 0.190. The third kappa shape index (κ3) is 5.68. The number of esters is 2. The van der Waals surface area contributed by atoms with Crippen molar-refractivity contribution >= 4 is 18.0 Å². The van der Waals surface area contributed by atoms with Gasteiger partial charge in [0, 0.05) is 13.1 Å². The van der Waals surface area contributed by atoms with Crippen LogP contribution in [0.4, 0.5) is 4.79 Å². The van der Waals surface area contributed by atoms with Gasteiger partial charge in [0.2, 0.25) is 0 Å². The number of carbonyl (C=O) groups excluding carboxylic acids is 3. The molecule has 0 N–H and O–H groups in total. The van der Waals surface area contributed by atoms with Crippen molar-refractivity contribution in [1.29, 1.82) is 0 Å². The molecule has 0 saturated carbocycles. The van der Waals surface area contributed by atoms with Gasteiger partial charge in [-0.25, -0.2) is 19.4 Å². The third-order valence-electron chi connectivity index (χ3n) is 4.44. The van der Waals surface area contributed by atoms with Gasteiger partial charge in [-0.2, -0.15) is 0 Å². The highest BCUT2D eigenvalue weighted by atomic mass is 16.6. The molecule has 1 aromatic rings. The first-order valence-electron chi connectivity index (χ1n) is 9.66. The molecule has 1 saturated heterocycles. The zero-order chi connectivity index (χ0) is 22.0. The van der Waals surface area contributed by atoms with E-state index in [9.17, 15) is 14.4 Å². The molecule has 2 heterocycles. The average molecular weight is 405 g/mol. The van der Waals surface area contributed by atoms with Crippen LogP contribution in [0.1, 0.15) is 57.7 Å². The van der Waals surface area contributed by atoms with Gasteiger partial charge in [-0.05, 0) is 38.3 Å². The first-order valence-corrected chi connectivity index (χ1v) is 9.66. The molecule has 1 aliphatic heterocycles. The number of pyridine rings is 1. The number of urea groups is 1. The van der Waals surface area contributed by atoms with E-state index in [1.54, 1.807) is 28.0 Å². The minimum Gasteiger partial charge on any atom is -0.464 e. The fourth-order valence-corrected chi connectivity index (χ4v) is 3.27. The number of aromatic nitrogens is 1. The van der Waals surface area contributed by atoms with Gasteiger partial charge in [-0.15, -0.1) is 0 Å². The minimum atomic E-state index is -0.700. The Kier molecular flexibility index (Phi) is 6.55. The molecule has 2 amide bonds. The van der Waals surface area contributed by atoms with Crippen molar-refractivity contribution in [3.8, 4) is 0 Å². The van der Waals surface area contributed by atoms with Crippen molar-refractivity contribution in [2.24, 2.45) is 5.41 Å². The van der Waals surface area contributed by atoms with Gasteiger partial charge in [0.25, 0.3) is 0 Å². The Morgan fingerprint density at radius 2 is 1.79 bits per heavy atom. The summed E-state index contributed by atoms with van der Waals surface area (Å²) in [5.41, 5.74) is -0.360. The van der Waals surface area contributed by atoms with Crippen LogP contribution < -0.4 is 0 Å². The maximum atomic E-state index is 13.1. The van der Waals surface area contributed by atoms with Crippen LogP contribution >= 0.6 is 0 Å². The molecule has 8 nitrogen and oxygen atoms in total. The lowest BCUT2D eigenvalue weighted by Crippen LogP contribution is -2.52. The van der Waals surface area contributed by atoms with Gasteiger partial charge in [0.05, 0.1) is 19.3 Å². The van der Waals surface area contributed by atoms with Crippen molar-refractivity contribution < 1.29 is 23.9 Å². The molecule has 0 spiro atoms. The van der Waals surface area contributed by atoms with Crippen LogP contribution in [0.3, 0.4) is 0 Å². The summed E-state index contributed by atoms with van der Waals surface area (Å²) in [7, 11) is 1.29. The number of hydrogen-bond acceptors (Lipinski definition) is 6. The van der Waals surface area contributed by atoms with Crippen molar-refractivity contribution in [2.45, 2.75) is 59.7 Å². The summed E-state index contributed by atoms with van der Waals surface area (Å²) in [5.74, 6) is -0.940. The fourth-order valence-electron chi connectivity index (χ4n) is 3.27. The number of methoxy groups -OCH3 is 1. The number of carbonyl (C=O) groups is 3. The van der Waals surface area contributed by atoms with E-state index in [0.29, 0.717) is 18.8 Å². The Bertz CT molecular complexity index is 779. The second-order valence-corrected chi connectivity index (χ2v) is 9.21. The van der Waals surface area contributed by atoms with E-state index in [2.05, 4.69) is 4.98 Å². The van der Waals surface area contributed by atoms with Crippen LogP contribution in [-0.4, -0.2) is 64.6 Å². The summed E-state index contributed by atoms with van der Waals surface area (Å²) in [6.45, 7) is 12.3. The van der Waals surface area contributed by atoms with Gasteiger partial charge in [-0.3, -0.25) is 0 Å². The molecule has 0 aromatic carbocycles. The first kappa shape index (κ1) is 22.6. The zero-order valence-electron chi connectivity index (χ0n) is 18.3. The Labute approximate surface area is 172 Å². The van der Waals surface area contributed by atoms with Gasteiger partial charge < -0.3 is 19.3 Å². The lowest BCUT2D eigenvalue weighted by molar-refractivity contribution is -0.164. The molecule has 8 heteroatoms. The first-order chi connectivity index (χ1) is 13.3. The molecule has 29 heavy (non-hydrogen) atoms. The molecule has 1 aliphatic rings. The van der Waals surface area contributed by atoms with E-state index >= 15 is 0 Å². The number of hydrogen-bond donors (Lipinski definition) is 0. The lowest BCUT2D eigenvalue weighted by Gasteiger charge is -2.37. The topological polar surface area (TPSA) is 89.0 Å². The molecule has 1 unspecified atom stereocenters. The van der Waals surface area contributed by atoms with E-state index in [1.165, 1.54) is 7.11 Å². The van der Waals surface area contributed by atoms with Gasteiger partial charge >= 0.3 is 18.0 Å². The number of ether oxygens (including phenoxy) is 2. The number of amides is 2. The SMILES string of the molecule is COC(=O)c1cccc(CN2CCN(C(C(=O)OC(C)(C)C)C(C)(C)C)C2=O)n1. The van der Waals surface area contributed by atoms with Crippen molar-refractivity contribution in [3.05, 3.63) is 29.6 Å². The maximum Gasteiger partial charge on any atom is 0.356 e. The summed E-state index contributed by atoms with van der Waals surface area (Å²) in [5, 5.41) is 0. The molecule has 0 bridgehead atoms. The van der Waals surface area contributed by atoms with E-state index in [1.807, 2.05) is 41.5 Å². The van der Waals surface area contributed by atoms with E-state index in [-0.39, 0.29) is 18.3 Å². The fraction of sp³-hybridized carbons (Fsp3) is 0.619. The van der Waals surface area contributed by atoms with Crippen molar-refractivity contribution in [3.63, 3.8) is 0 Å². The Hall–Kier alpha value is -2.64. The summed E-state index contributed by atoms with van der Waals surface area (Å²) in [4.78, 5) is 45.1. The molecular formula is C21H31N3O5. The normalized spacial score (nSPS) is 16.0. The number of rotatable bonds is 5. The molecular weight excluding hydrogens is 374 g/mol. The van der Waals surface area contributed by atoms with Crippen LogP contribution in [-0.2, 0) is 20.8 Å². The van der Waals surface area contributed by atoms with E-state index in [4.69, 9.17) is 9.47 Å². The molecule has 2 rings (SSSR count). The van der Waals surface area contributed by atoms with Gasteiger partial charge in [-0.1, -0.05) is 26.8 Å². The summed E-state index contributed by atoms with van der Waals surface area (Å²) in [6, 6.07) is 4.06. The van der Waals surface area contributed by atoms with Crippen molar-refractivity contribution in [2.75, 3.05) is 20.2 Å². The highest BCUT2D eigenvalue weighted by Gasteiger charge is 2.45. The average Bonchev–Trinajstić information content (AvgIpc) is 2.92. The summed E-state index contributed by atoms with van der Waals surface area (Å²) in [6.07, 6.45) is 0. The standard InChI is InChI=1S/C21H31N3O5/c1-20(2,3)16(18(26)29-21(4,5)6)24-12-11-23(19(24)27)13-14-9-8-10-15(22-14)17(25)28-7/h8-10,16H,11-13H2,1-7H3. The quantitative estimate of drug-likeness (QED) is 0.700. The predicted molar refractivity (Wildman–Crippen MR) is 107 cm³/mol. The van der Waals surface area contributed by atoms with E-state index in [0.717, 1.165) is 0 Å². The third-order valence-corrected chi connectivity index (χ3v) is 4.44. The van der Waals surface area contributed by atoms with Crippen LogP contribution in [0.5, 0.6) is 0 Å². The Balaban J connectivity index is 2.18. The molecule has 0 aliphatic carbocycles. The largest absolute Gasteiger partial charge is 0.464 e. The second kappa shape index (κ2) is 8.39. The molecule has 1 aromatic heterocycles.